The van der Waals surface area contributed by atoms with Crippen LogP contribution in [-0.2, 0) is 22.3 Å². The van der Waals surface area contributed by atoms with Crippen LogP contribution in [0.5, 0.6) is 0 Å². The zero-order valence-electron chi connectivity index (χ0n) is 14.9. The van der Waals surface area contributed by atoms with Crippen LogP contribution in [0.2, 0.25) is 0 Å². The van der Waals surface area contributed by atoms with E-state index in [1.54, 1.807) is 25.3 Å². The van der Waals surface area contributed by atoms with Crippen LogP contribution >= 0.6 is 11.8 Å². The summed E-state index contributed by atoms with van der Waals surface area (Å²) in [4.78, 5) is 28.6. The number of nitrogens with zero attached hydrogens (tertiary/aromatic N) is 2. The molecule has 0 aliphatic rings. The lowest BCUT2D eigenvalue weighted by Crippen LogP contribution is -2.52. The van der Waals surface area contributed by atoms with Crippen molar-refractivity contribution in [3.63, 3.8) is 0 Å². The minimum atomic E-state index is -1.07. The first-order valence-electron chi connectivity index (χ1n) is 7.99. The van der Waals surface area contributed by atoms with E-state index in [1.807, 2.05) is 24.7 Å². The van der Waals surface area contributed by atoms with Crippen LogP contribution in [-0.4, -0.2) is 34.1 Å². The number of methoxy groups -OCH3 is 1. The summed E-state index contributed by atoms with van der Waals surface area (Å²) in [6.07, 6.45) is 4.80. The fourth-order valence-electron chi connectivity index (χ4n) is 2.46. The van der Waals surface area contributed by atoms with Crippen molar-refractivity contribution in [2.45, 2.75) is 43.1 Å². The number of amides is 1. The Balaban J connectivity index is 2.01. The van der Waals surface area contributed by atoms with Crippen LogP contribution in [0, 0.1) is 0 Å². The summed E-state index contributed by atoms with van der Waals surface area (Å²) in [5, 5.41) is 3.59. The number of thioether (sulfide) groups is 1. The highest BCUT2D eigenvalue weighted by Crippen LogP contribution is 2.22. The monoisotopic (exact) mass is 365 g/mol. The van der Waals surface area contributed by atoms with Gasteiger partial charge in [-0.05, 0) is 25.5 Å². The zero-order valence-corrected chi connectivity index (χ0v) is 15.7. The maximum Gasteiger partial charge on any atom is 0.331 e. The van der Waals surface area contributed by atoms with Crippen LogP contribution in [0.25, 0.3) is 0 Å². The minimum Gasteiger partial charge on any atom is -0.467 e. The van der Waals surface area contributed by atoms with Gasteiger partial charge in [-0.25, -0.2) is 9.78 Å². The van der Waals surface area contributed by atoms with Crippen molar-refractivity contribution in [2.75, 3.05) is 7.11 Å². The predicted octanol–water partition coefficient (Wildman–Crippen LogP) is 2.77. The smallest absolute Gasteiger partial charge is 0.331 e. The highest BCUT2D eigenvalue weighted by Gasteiger charge is 2.36. The number of aryl methyl sites for hydroxylation is 1. The molecule has 136 valence electrons. The fraction of sp³-hybridized carbons (Fsp3) is 0.471. The molecule has 0 fully saturated rings. The van der Waals surface area contributed by atoms with Crippen LogP contribution in [0.15, 0.2) is 34.1 Å². The lowest BCUT2D eigenvalue weighted by molar-refractivity contribution is -0.147. The van der Waals surface area contributed by atoms with E-state index in [9.17, 15) is 9.59 Å². The number of aromatic nitrogens is 2. The number of nitrogens with one attached hydrogen (secondary N) is 1. The molecule has 1 N–H and O–H groups in total. The molecular formula is C17H23N3O4S. The normalized spacial score (nSPS) is 13.3. The van der Waals surface area contributed by atoms with Gasteiger partial charge in [0, 0.05) is 19.4 Å². The molecule has 1 amide bonds. The molecule has 0 saturated heterocycles. The van der Waals surface area contributed by atoms with E-state index in [2.05, 4.69) is 10.3 Å². The molecule has 0 bridgehead atoms. The number of ether oxygens (including phenoxy) is 1. The van der Waals surface area contributed by atoms with Crippen molar-refractivity contribution in [3.05, 3.63) is 36.0 Å². The molecule has 2 aromatic rings. The number of imidazole rings is 1. The third-order valence-electron chi connectivity index (χ3n) is 3.78. The maximum atomic E-state index is 12.4. The number of carbonyl (C=O) groups excluding carboxylic acids is 2. The van der Waals surface area contributed by atoms with Crippen molar-refractivity contribution < 1.29 is 18.7 Å². The molecule has 0 aliphatic carbocycles. The van der Waals surface area contributed by atoms with Gasteiger partial charge < -0.3 is 19.0 Å². The van der Waals surface area contributed by atoms with Gasteiger partial charge in [0.2, 0.25) is 0 Å². The van der Waals surface area contributed by atoms with Gasteiger partial charge in [0.25, 0.3) is 5.91 Å². The molecule has 0 radical (unpaired) electrons. The van der Waals surface area contributed by atoms with Crippen LogP contribution in [0.1, 0.15) is 43.0 Å². The Hall–Kier alpha value is -2.22. The molecule has 1 atom stereocenters. The van der Waals surface area contributed by atoms with Crippen LogP contribution < -0.4 is 5.32 Å². The molecule has 8 heteroatoms. The standard InChI is InChI=1S/C17H23N3O4S/c1-5-8-17(2,15(22)23-4)19-14(21)13-7-6-12(24-13)11-25-16-18-9-10-20(16)3/h6-7,9-10H,5,8,11H2,1-4H3,(H,19,21). The topological polar surface area (TPSA) is 86.4 Å². The van der Waals surface area contributed by atoms with E-state index in [1.165, 1.54) is 18.9 Å². The number of carbonyl (C=O) groups is 2. The Morgan fingerprint density at radius 2 is 2.20 bits per heavy atom. The quantitative estimate of drug-likeness (QED) is 0.572. The molecule has 0 spiro atoms. The Morgan fingerprint density at radius 1 is 1.44 bits per heavy atom. The van der Waals surface area contributed by atoms with Crippen molar-refractivity contribution >= 4 is 23.6 Å². The number of furan rings is 1. The van der Waals surface area contributed by atoms with Crippen LogP contribution in [0.4, 0.5) is 0 Å². The Kier molecular flexibility index (Phi) is 6.30. The molecular weight excluding hydrogens is 342 g/mol. The first-order chi connectivity index (χ1) is 11.9. The molecule has 1 unspecified atom stereocenters. The number of hydrogen-bond donors (Lipinski definition) is 1. The highest BCUT2D eigenvalue weighted by atomic mass is 32.2. The summed E-state index contributed by atoms with van der Waals surface area (Å²) in [6, 6.07) is 3.35. The van der Waals surface area contributed by atoms with E-state index in [0.717, 1.165) is 11.6 Å². The van der Waals surface area contributed by atoms with Crippen LogP contribution in [0.3, 0.4) is 0 Å². The summed E-state index contributed by atoms with van der Waals surface area (Å²) in [5.74, 6) is 0.478. The molecule has 0 aromatic carbocycles. The maximum absolute atomic E-state index is 12.4. The van der Waals surface area contributed by atoms with Gasteiger partial charge in [0.1, 0.15) is 11.3 Å². The molecule has 0 aliphatic heterocycles. The van der Waals surface area contributed by atoms with Gasteiger partial charge in [-0.2, -0.15) is 0 Å². The molecule has 7 nitrogen and oxygen atoms in total. The van der Waals surface area contributed by atoms with E-state index < -0.39 is 17.4 Å². The second-order valence-corrected chi connectivity index (χ2v) is 6.85. The predicted molar refractivity (Wildman–Crippen MR) is 94.3 cm³/mol. The molecule has 0 saturated carbocycles. The first kappa shape index (κ1) is 19.1. The van der Waals surface area contributed by atoms with Gasteiger partial charge >= 0.3 is 5.97 Å². The molecule has 2 aromatic heterocycles. The highest BCUT2D eigenvalue weighted by molar-refractivity contribution is 7.98. The average molecular weight is 365 g/mol. The third-order valence-corrected chi connectivity index (χ3v) is 4.86. The number of rotatable bonds is 8. The van der Waals surface area contributed by atoms with E-state index in [0.29, 0.717) is 17.9 Å². The SMILES string of the molecule is CCCC(C)(NC(=O)c1ccc(CSc2nccn2C)o1)C(=O)OC. The largest absolute Gasteiger partial charge is 0.467 e. The van der Waals surface area contributed by atoms with Gasteiger partial charge in [-0.1, -0.05) is 25.1 Å². The van der Waals surface area contributed by atoms with Crippen molar-refractivity contribution in [2.24, 2.45) is 7.05 Å². The van der Waals surface area contributed by atoms with Crippen molar-refractivity contribution in [3.8, 4) is 0 Å². The molecule has 25 heavy (non-hydrogen) atoms. The Labute approximate surface area is 151 Å². The first-order valence-corrected chi connectivity index (χ1v) is 8.98. The average Bonchev–Trinajstić information content (AvgIpc) is 3.21. The molecule has 2 rings (SSSR count). The summed E-state index contributed by atoms with van der Waals surface area (Å²) >= 11 is 1.51. The number of esters is 1. The summed E-state index contributed by atoms with van der Waals surface area (Å²) in [6.45, 7) is 3.59. The molecule has 2 heterocycles. The lowest BCUT2D eigenvalue weighted by atomic mass is 9.96. The van der Waals surface area contributed by atoms with Gasteiger partial charge in [-0.3, -0.25) is 4.79 Å². The zero-order chi connectivity index (χ0) is 18.4. The van der Waals surface area contributed by atoms with Gasteiger partial charge in [0.05, 0.1) is 12.9 Å². The lowest BCUT2D eigenvalue weighted by Gasteiger charge is -2.26. The Morgan fingerprint density at radius 3 is 2.80 bits per heavy atom. The minimum absolute atomic E-state index is 0.168. The Bertz CT molecular complexity index is 740. The fourth-order valence-corrected chi connectivity index (χ4v) is 3.28. The summed E-state index contributed by atoms with van der Waals surface area (Å²) < 4.78 is 12.3. The summed E-state index contributed by atoms with van der Waals surface area (Å²) in [7, 11) is 3.22. The second kappa shape index (κ2) is 8.24. The van der Waals surface area contributed by atoms with Crippen molar-refractivity contribution in [1.82, 2.24) is 14.9 Å². The van der Waals surface area contributed by atoms with E-state index >= 15 is 0 Å². The van der Waals surface area contributed by atoms with E-state index in [4.69, 9.17) is 9.15 Å². The third kappa shape index (κ3) is 4.66. The van der Waals surface area contributed by atoms with E-state index in [-0.39, 0.29) is 5.76 Å². The van der Waals surface area contributed by atoms with Gasteiger partial charge in [-0.15, -0.1) is 0 Å². The van der Waals surface area contributed by atoms with Crippen molar-refractivity contribution in [1.29, 1.82) is 0 Å². The second-order valence-electron chi connectivity index (χ2n) is 5.90. The van der Waals surface area contributed by atoms with Gasteiger partial charge in [0.15, 0.2) is 10.9 Å². The number of hydrogen-bond acceptors (Lipinski definition) is 6. The summed E-state index contributed by atoms with van der Waals surface area (Å²) in [5.41, 5.74) is -1.07.